The highest BCUT2D eigenvalue weighted by atomic mass is 32.1. The topological polar surface area (TPSA) is 71.8 Å². The van der Waals surface area contributed by atoms with E-state index >= 15 is 0 Å². The zero-order valence-electron chi connectivity index (χ0n) is 16.6. The Balaban J connectivity index is 1.54. The predicted molar refractivity (Wildman–Crippen MR) is 115 cm³/mol. The lowest BCUT2D eigenvalue weighted by Gasteiger charge is -2.25. The normalized spacial score (nSPS) is 19.8. The quantitative estimate of drug-likeness (QED) is 0.706. The van der Waals surface area contributed by atoms with Crippen molar-refractivity contribution in [3.63, 3.8) is 0 Å². The molecule has 3 aromatic rings. The van der Waals surface area contributed by atoms with Gasteiger partial charge in [-0.1, -0.05) is 41.2 Å². The molecule has 7 nitrogen and oxygen atoms in total. The summed E-state index contributed by atoms with van der Waals surface area (Å²) in [6, 6.07) is 8.19. The van der Waals surface area contributed by atoms with E-state index in [1.165, 1.54) is 24.8 Å². The van der Waals surface area contributed by atoms with E-state index in [1.807, 2.05) is 12.1 Å². The summed E-state index contributed by atoms with van der Waals surface area (Å²) in [7, 11) is 0. The summed E-state index contributed by atoms with van der Waals surface area (Å²) in [6.07, 6.45) is 4.94. The number of benzene rings is 1. The van der Waals surface area contributed by atoms with Crippen molar-refractivity contribution in [2.75, 3.05) is 29.9 Å². The molecule has 2 saturated heterocycles. The van der Waals surface area contributed by atoms with Gasteiger partial charge >= 0.3 is 0 Å². The predicted octanol–water partition coefficient (Wildman–Crippen LogP) is 3.87. The minimum atomic E-state index is -0.397. The van der Waals surface area contributed by atoms with Gasteiger partial charge in [0.15, 0.2) is 5.82 Å². The minimum Gasteiger partial charge on any atom is -0.368 e. The van der Waals surface area contributed by atoms with Crippen LogP contribution in [0.4, 0.5) is 10.9 Å². The fourth-order valence-corrected chi connectivity index (χ4v) is 4.91. The number of piperidine rings is 1. The second-order valence-corrected chi connectivity index (χ2v) is 8.73. The molecular weight excluding hydrogens is 386 g/mol. The number of anilines is 2. The number of aryl methyl sites for hydroxylation is 1. The van der Waals surface area contributed by atoms with E-state index in [0.29, 0.717) is 12.4 Å². The van der Waals surface area contributed by atoms with Crippen molar-refractivity contribution in [1.29, 1.82) is 0 Å². The number of carbonyl (C=O) groups excluding carboxylic acids is 1. The summed E-state index contributed by atoms with van der Waals surface area (Å²) in [5, 5.41) is 8.86. The highest BCUT2D eigenvalue weighted by Crippen LogP contribution is 2.34. The Hall–Kier alpha value is -2.45. The summed E-state index contributed by atoms with van der Waals surface area (Å²) in [6.45, 7) is 4.75. The van der Waals surface area contributed by atoms with Gasteiger partial charge in [0.05, 0.1) is 0 Å². The lowest BCUT2D eigenvalue weighted by molar-refractivity contribution is -0.124. The third kappa shape index (κ3) is 3.62. The molecule has 1 atom stereocenters. The first-order valence-corrected chi connectivity index (χ1v) is 11.1. The van der Waals surface area contributed by atoms with E-state index in [2.05, 4.69) is 29.3 Å². The Morgan fingerprint density at radius 2 is 1.97 bits per heavy atom. The molecule has 1 amide bonds. The fourth-order valence-electron chi connectivity index (χ4n) is 3.96. The molecule has 0 unspecified atom stereocenters. The van der Waals surface area contributed by atoms with Crippen molar-refractivity contribution in [2.24, 2.45) is 0 Å². The van der Waals surface area contributed by atoms with Crippen LogP contribution in [-0.2, 0) is 9.53 Å². The van der Waals surface area contributed by atoms with E-state index in [4.69, 9.17) is 14.8 Å². The molecule has 5 rings (SSSR count). The van der Waals surface area contributed by atoms with Crippen LogP contribution in [0.2, 0.25) is 0 Å². The fraction of sp³-hybridized carbons (Fsp3) is 0.476. The zero-order chi connectivity index (χ0) is 19.8. The smallest absolute Gasteiger partial charge is 0.254 e. The van der Waals surface area contributed by atoms with Gasteiger partial charge in [-0.25, -0.2) is 4.98 Å². The molecule has 29 heavy (non-hydrogen) atoms. The summed E-state index contributed by atoms with van der Waals surface area (Å²) in [5.41, 5.74) is 2.90. The van der Waals surface area contributed by atoms with Crippen LogP contribution in [0, 0.1) is 6.92 Å². The average molecular weight is 412 g/mol. The highest BCUT2D eigenvalue weighted by Gasteiger charge is 2.28. The monoisotopic (exact) mass is 411 g/mol. The van der Waals surface area contributed by atoms with E-state index in [-0.39, 0.29) is 5.91 Å². The lowest BCUT2D eigenvalue weighted by Crippen LogP contribution is -2.29. The largest absolute Gasteiger partial charge is 0.368 e. The first kappa shape index (κ1) is 18.6. The van der Waals surface area contributed by atoms with Gasteiger partial charge in [0.25, 0.3) is 5.91 Å². The number of amides is 1. The van der Waals surface area contributed by atoms with Crippen molar-refractivity contribution in [2.45, 2.75) is 45.1 Å². The molecule has 2 aliphatic heterocycles. The van der Waals surface area contributed by atoms with Crippen LogP contribution in [0.1, 0.15) is 37.7 Å². The van der Waals surface area contributed by atoms with Crippen molar-refractivity contribution >= 4 is 33.2 Å². The minimum absolute atomic E-state index is 0.120. The first-order chi connectivity index (χ1) is 14.2. The molecule has 0 aliphatic carbocycles. The molecule has 0 saturated carbocycles. The molecule has 1 N–H and O–H groups in total. The molecule has 2 aromatic heterocycles. The molecule has 1 aromatic carbocycles. The van der Waals surface area contributed by atoms with Crippen LogP contribution in [0.15, 0.2) is 24.3 Å². The molecule has 2 fully saturated rings. The van der Waals surface area contributed by atoms with Crippen molar-refractivity contribution in [3.05, 3.63) is 29.8 Å². The standard InChI is InChI=1S/C21H25N5O2S/c1-14-7-9-15(10-8-14)17-18(23-19(27)16-6-5-13-28-16)26-20(22-17)29-21(24-26)25-11-3-2-4-12-25/h7-10,16H,2-6,11-13H2,1H3,(H,23,27)/t16-/m1/s1. The molecule has 4 heterocycles. The number of aromatic nitrogens is 3. The Bertz CT molecular complexity index is 1010. The first-order valence-electron chi connectivity index (χ1n) is 10.3. The number of nitrogens with zero attached hydrogens (tertiary/aromatic N) is 4. The van der Waals surface area contributed by atoms with Gasteiger partial charge < -0.3 is 15.0 Å². The number of hydrogen-bond acceptors (Lipinski definition) is 6. The van der Waals surface area contributed by atoms with Gasteiger partial charge in [0, 0.05) is 25.3 Å². The summed E-state index contributed by atoms with van der Waals surface area (Å²) >= 11 is 1.58. The molecular formula is C21H25N5O2S. The van der Waals surface area contributed by atoms with Gasteiger partial charge in [0.1, 0.15) is 11.8 Å². The molecule has 0 spiro atoms. The number of rotatable bonds is 4. The van der Waals surface area contributed by atoms with Crippen molar-refractivity contribution in [3.8, 4) is 11.3 Å². The second-order valence-electron chi connectivity index (χ2n) is 7.79. The average Bonchev–Trinajstić information content (AvgIpc) is 3.47. The van der Waals surface area contributed by atoms with Crippen LogP contribution in [0.3, 0.4) is 0 Å². The van der Waals surface area contributed by atoms with E-state index < -0.39 is 6.10 Å². The molecule has 2 aliphatic rings. The third-order valence-electron chi connectivity index (χ3n) is 5.61. The Morgan fingerprint density at radius 1 is 1.17 bits per heavy atom. The van der Waals surface area contributed by atoms with Gasteiger partial charge in [0.2, 0.25) is 10.1 Å². The van der Waals surface area contributed by atoms with E-state index in [1.54, 1.807) is 15.9 Å². The van der Waals surface area contributed by atoms with Gasteiger partial charge in [-0.2, -0.15) is 4.52 Å². The number of ether oxygens (including phenoxy) is 1. The number of fused-ring (bicyclic) bond motifs is 1. The number of carbonyl (C=O) groups is 1. The SMILES string of the molecule is Cc1ccc(-c2nc3sc(N4CCCCC4)nn3c2NC(=O)[C@H]2CCCO2)cc1. The number of nitrogens with one attached hydrogen (secondary N) is 1. The van der Waals surface area contributed by atoms with Crippen molar-refractivity contribution < 1.29 is 9.53 Å². The summed E-state index contributed by atoms with van der Waals surface area (Å²) in [4.78, 5) is 20.7. The van der Waals surface area contributed by atoms with Crippen LogP contribution in [0.25, 0.3) is 16.2 Å². The Labute approximate surface area is 173 Å². The number of hydrogen-bond donors (Lipinski definition) is 1. The van der Waals surface area contributed by atoms with E-state index in [0.717, 1.165) is 47.3 Å². The molecule has 0 bridgehead atoms. The zero-order valence-corrected chi connectivity index (χ0v) is 17.4. The van der Waals surface area contributed by atoms with Crippen LogP contribution in [-0.4, -0.2) is 46.3 Å². The lowest BCUT2D eigenvalue weighted by atomic mass is 10.1. The van der Waals surface area contributed by atoms with Crippen LogP contribution in [0.5, 0.6) is 0 Å². The van der Waals surface area contributed by atoms with Gasteiger partial charge in [-0.05, 0) is 39.0 Å². The Morgan fingerprint density at radius 3 is 2.69 bits per heavy atom. The van der Waals surface area contributed by atoms with Crippen LogP contribution < -0.4 is 10.2 Å². The number of imidazole rings is 1. The highest BCUT2D eigenvalue weighted by molar-refractivity contribution is 7.20. The molecule has 8 heteroatoms. The molecule has 152 valence electrons. The Kier molecular flexibility index (Phi) is 4.97. The molecule has 0 radical (unpaired) electrons. The maximum atomic E-state index is 12.8. The third-order valence-corrected chi connectivity index (χ3v) is 6.58. The second kappa shape index (κ2) is 7.76. The van der Waals surface area contributed by atoms with Gasteiger partial charge in [-0.15, -0.1) is 5.10 Å². The summed E-state index contributed by atoms with van der Waals surface area (Å²) < 4.78 is 7.36. The van der Waals surface area contributed by atoms with E-state index in [9.17, 15) is 4.79 Å². The van der Waals surface area contributed by atoms with Crippen LogP contribution >= 0.6 is 11.3 Å². The summed E-state index contributed by atoms with van der Waals surface area (Å²) in [5.74, 6) is 0.508. The van der Waals surface area contributed by atoms with Gasteiger partial charge in [-0.3, -0.25) is 4.79 Å². The van der Waals surface area contributed by atoms with Crippen molar-refractivity contribution in [1.82, 2.24) is 14.6 Å². The maximum Gasteiger partial charge on any atom is 0.254 e. The maximum absolute atomic E-state index is 12.8.